The topological polar surface area (TPSA) is 32.8 Å². The van der Waals surface area contributed by atoms with Gasteiger partial charge in [0.25, 0.3) is 0 Å². The van der Waals surface area contributed by atoms with Gasteiger partial charge in [0.05, 0.1) is 0 Å². The molecule has 4 nitrogen and oxygen atoms in total. The summed E-state index contributed by atoms with van der Waals surface area (Å²) in [7, 11) is 1.73. The molecule has 15 heavy (non-hydrogen) atoms. The highest BCUT2D eigenvalue weighted by molar-refractivity contribution is 5.67. The van der Waals surface area contributed by atoms with E-state index in [-0.39, 0.29) is 12.1 Å². The maximum absolute atomic E-state index is 11.7. The van der Waals surface area contributed by atoms with E-state index in [0.717, 1.165) is 19.4 Å². The molecule has 4 heteroatoms. The van der Waals surface area contributed by atoms with E-state index in [1.165, 1.54) is 5.01 Å². The minimum atomic E-state index is -0.443. The largest absolute Gasteiger partial charge is 0.443 e. The van der Waals surface area contributed by atoms with E-state index in [4.69, 9.17) is 4.74 Å². The van der Waals surface area contributed by atoms with Crippen molar-refractivity contribution >= 4 is 6.09 Å². The first-order valence-electron chi connectivity index (χ1n) is 5.37. The van der Waals surface area contributed by atoms with Crippen molar-refractivity contribution in [1.29, 1.82) is 0 Å². The van der Waals surface area contributed by atoms with Crippen LogP contribution in [0.3, 0.4) is 0 Å². The van der Waals surface area contributed by atoms with Crippen LogP contribution in [-0.4, -0.2) is 41.3 Å². The number of carbonyl (C=O) groups excluding carboxylic acids is 1. The first-order chi connectivity index (χ1) is 6.81. The van der Waals surface area contributed by atoms with Crippen LogP contribution < -0.4 is 0 Å². The van der Waals surface area contributed by atoms with Crippen LogP contribution >= 0.6 is 0 Å². The van der Waals surface area contributed by atoms with Gasteiger partial charge in [-0.1, -0.05) is 0 Å². The van der Waals surface area contributed by atoms with Crippen molar-refractivity contribution in [1.82, 2.24) is 10.0 Å². The van der Waals surface area contributed by atoms with Crippen molar-refractivity contribution in [2.75, 3.05) is 13.6 Å². The molecule has 1 radical (unpaired) electrons. The number of hydrazine groups is 1. The Morgan fingerprint density at radius 1 is 1.53 bits per heavy atom. The minimum Gasteiger partial charge on any atom is -0.443 e. The molecular formula is C11H21N2O2. The van der Waals surface area contributed by atoms with E-state index in [9.17, 15) is 4.79 Å². The van der Waals surface area contributed by atoms with E-state index in [1.54, 1.807) is 7.05 Å². The van der Waals surface area contributed by atoms with E-state index >= 15 is 0 Å². The Bertz CT molecular complexity index is 235. The maximum atomic E-state index is 11.7. The van der Waals surface area contributed by atoms with Gasteiger partial charge in [-0.05, 0) is 40.5 Å². The maximum Gasteiger partial charge on any atom is 0.424 e. The SMILES string of the molecule is [CH2]C1CCCN1N(C)C(=O)OC(C)(C)C. The van der Waals surface area contributed by atoms with E-state index in [1.807, 2.05) is 25.8 Å². The third-order valence-electron chi connectivity index (χ3n) is 2.39. The molecule has 87 valence electrons. The van der Waals surface area contributed by atoms with Crippen LogP contribution in [0.4, 0.5) is 4.79 Å². The molecule has 0 aromatic carbocycles. The molecule has 1 unspecified atom stereocenters. The summed E-state index contributed by atoms with van der Waals surface area (Å²) in [5.41, 5.74) is -0.443. The number of amides is 1. The zero-order valence-corrected chi connectivity index (χ0v) is 10.1. The average Bonchev–Trinajstić information content (AvgIpc) is 2.47. The fourth-order valence-corrected chi connectivity index (χ4v) is 1.65. The lowest BCUT2D eigenvalue weighted by atomic mass is 10.2. The van der Waals surface area contributed by atoms with Gasteiger partial charge in [-0.25, -0.2) is 14.8 Å². The molecule has 1 amide bonds. The number of hydrogen-bond acceptors (Lipinski definition) is 3. The van der Waals surface area contributed by atoms with Crippen molar-refractivity contribution in [3.05, 3.63) is 6.92 Å². The number of nitrogens with zero attached hydrogens (tertiary/aromatic N) is 2. The van der Waals surface area contributed by atoms with Crippen molar-refractivity contribution in [2.24, 2.45) is 0 Å². The fraction of sp³-hybridized carbons (Fsp3) is 0.818. The Balaban J connectivity index is 2.52. The second-order valence-electron chi connectivity index (χ2n) is 4.96. The summed E-state index contributed by atoms with van der Waals surface area (Å²) >= 11 is 0. The van der Waals surface area contributed by atoms with Gasteiger partial charge in [0.1, 0.15) is 5.60 Å². The second-order valence-corrected chi connectivity index (χ2v) is 4.96. The van der Waals surface area contributed by atoms with Gasteiger partial charge in [0.2, 0.25) is 0 Å². The molecule has 1 aliphatic rings. The minimum absolute atomic E-state index is 0.183. The molecule has 0 N–H and O–H groups in total. The summed E-state index contributed by atoms with van der Waals surface area (Å²) in [6, 6.07) is 0.183. The van der Waals surface area contributed by atoms with E-state index in [0.29, 0.717) is 0 Å². The normalized spacial score (nSPS) is 22.9. The second kappa shape index (κ2) is 4.39. The summed E-state index contributed by atoms with van der Waals surface area (Å²) in [6.45, 7) is 10.5. The summed E-state index contributed by atoms with van der Waals surface area (Å²) in [4.78, 5) is 11.7. The van der Waals surface area contributed by atoms with Crippen LogP contribution in [0.25, 0.3) is 0 Å². The molecule has 1 atom stereocenters. The van der Waals surface area contributed by atoms with Crippen molar-refractivity contribution in [3.8, 4) is 0 Å². The highest BCUT2D eigenvalue weighted by Crippen LogP contribution is 2.19. The van der Waals surface area contributed by atoms with Crippen LogP contribution in [0.1, 0.15) is 33.6 Å². The Morgan fingerprint density at radius 3 is 2.53 bits per heavy atom. The molecule has 1 fully saturated rings. The predicted molar refractivity (Wildman–Crippen MR) is 59.1 cm³/mol. The smallest absolute Gasteiger partial charge is 0.424 e. The number of carbonyl (C=O) groups is 1. The summed E-state index contributed by atoms with van der Waals surface area (Å²) < 4.78 is 5.28. The van der Waals surface area contributed by atoms with Crippen LogP contribution in [-0.2, 0) is 4.74 Å². The number of rotatable bonds is 1. The highest BCUT2D eigenvalue weighted by atomic mass is 16.6. The summed E-state index contributed by atoms with van der Waals surface area (Å²) in [5.74, 6) is 0. The van der Waals surface area contributed by atoms with Crippen molar-refractivity contribution < 1.29 is 9.53 Å². The molecule has 0 bridgehead atoms. The monoisotopic (exact) mass is 213 g/mol. The Hall–Kier alpha value is -0.770. The molecule has 0 saturated carbocycles. The van der Waals surface area contributed by atoms with Gasteiger partial charge in [-0.2, -0.15) is 0 Å². The van der Waals surface area contributed by atoms with Gasteiger partial charge in [0.15, 0.2) is 0 Å². The molecule has 1 heterocycles. The lowest BCUT2D eigenvalue weighted by Crippen LogP contribution is -2.47. The van der Waals surface area contributed by atoms with Crippen LogP contribution in [0.5, 0.6) is 0 Å². The van der Waals surface area contributed by atoms with E-state index in [2.05, 4.69) is 6.92 Å². The van der Waals surface area contributed by atoms with Gasteiger partial charge in [-0.15, -0.1) is 0 Å². The Labute approximate surface area is 92.1 Å². The third kappa shape index (κ3) is 3.38. The molecule has 1 rings (SSSR count). The zero-order valence-electron chi connectivity index (χ0n) is 10.1. The molecule has 1 saturated heterocycles. The molecule has 0 spiro atoms. The standard InChI is InChI=1S/C11H21N2O2/c1-9-7-6-8-13(9)12(5)10(14)15-11(2,3)4/h9H,1,6-8H2,2-5H3. The summed E-state index contributed by atoms with van der Waals surface area (Å²) in [6.07, 6.45) is 1.81. The number of hydrogen-bond donors (Lipinski definition) is 0. The van der Waals surface area contributed by atoms with Gasteiger partial charge >= 0.3 is 6.09 Å². The molecular weight excluding hydrogens is 192 g/mol. The van der Waals surface area contributed by atoms with Crippen LogP contribution in [0, 0.1) is 6.92 Å². The quantitative estimate of drug-likeness (QED) is 0.668. The van der Waals surface area contributed by atoms with E-state index < -0.39 is 5.60 Å². The molecule has 0 aromatic heterocycles. The molecule has 1 aliphatic heterocycles. The Kier molecular flexibility index (Phi) is 3.60. The lowest BCUT2D eigenvalue weighted by Gasteiger charge is -2.33. The van der Waals surface area contributed by atoms with Gasteiger partial charge in [-0.3, -0.25) is 0 Å². The fourth-order valence-electron chi connectivity index (χ4n) is 1.65. The highest BCUT2D eigenvalue weighted by Gasteiger charge is 2.29. The van der Waals surface area contributed by atoms with Gasteiger partial charge < -0.3 is 4.74 Å². The number of ether oxygens (including phenoxy) is 1. The molecule has 0 aromatic rings. The van der Waals surface area contributed by atoms with Crippen molar-refractivity contribution in [2.45, 2.75) is 45.3 Å². The van der Waals surface area contributed by atoms with Crippen LogP contribution in [0.2, 0.25) is 0 Å². The zero-order chi connectivity index (χ0) is 11.6. The third-order valence-corrected chi connectivity index (χ3v) is 2.39. The Morgan fingerprint density at radius 2 is 2.13 bits per heavy atom. The van der Waals surface area contributed by atoms with Crippen LogP contribution in [0.15, 0.2) is 0 Å². The first kappa shape index (κ1) is 12.3. The van der Waals surface area contributed by atoms with Gasteiger partial charge in [0, 0.05) is 19.6 Å². The lowest BCUT2D eigenvalue weighted by molar-refractivity contribution is -0.0372. The summed E-state index contributed by atoms with van der Waals surface area (Å²) in [5, 5.41) is 3.49. The van der Waals surface area contributed by atoms with Crippen molar-refractivity contribution in [3.63, 3.8) is 0 Å². The first-order valence-corrected chi connectivity index (χ1v) is 5.37. The average molecular weight is 213 g/mol. The molecule has 0 aliphatic carbocycles. The predicted octanol–water partition coefficient (Wildman–Crippen LogP) is 2.07.